The van der Waals surface area contributed by atoms with Gasteiger partial charge in [-0.3, -0.25) is 9.36 Å². The van der Waals surface area contributed by atoms with E-state index < -0.39 is 18.0 Å². The Labute approximate surface area is 259 Å². The lowest BCUT2D eigenvalue weighted by molar-refractivity contribution is -0.139. The number of thiazole rings is 1. The summed E-state index contributed by atoms with van der Waals surface area (Å²) >= 11 is 4.73. The first kappa shape index (κ1) is 30.2. The van der Waals surface area contributed by atoms with E-state index >= 15 is 0 Å². The lowest BCUT2D eigenvalue weighted by atomic mass is 9.93. The van der Waals surface area contributed by atoms with Gasteiger partial charge in [-0.2, -0.15) is 0 Å². The Kier molecular flexibility index (Phi) is 9.12. The standard InChI is InChI=1S/C32H29BrN2O7S/c1-5-9-23-27(31(38)41-6-2)28(22-16-18(33)12-14-24(22)39-3)35-29(36)26(43-32(35)34-23)17-19-13-15-25(42-19)20-10-7-8-11-21(20)30(37)40-4/h7-8,10-17,28H,5-6,9H2,1-4H3/b26-17-/t28-/m1/s1. The Morgan fingerprint density at radius 1 is 1.09 bits per heavy atom. The Morgan fingerprint density at radius 3 is 2.60 bits per heavy atom. The second-order valence-corrected chi connectivity index (χ2v) is 11.5. The molecule has 0 amide bonds. The third-order valence-corrected chi connectivity index (χ3v) is 8.35. The summed E-state index contributed by atoms with van der Waals surface area (Å²) in [7, 11) is 2.87. The van der Waals surface area contributed by atoms with Crippen molar-refractivity contribution in [2.24, 2.45) is 4.99 Å². The van der Waals surface area contributed by atoms with Crippen molar-refractivity contribution in [2.75, 3.05) is 20.8 Å². The molecular formula is C32H29BrN2O7S. The van der Waals surface area contributed by atoms with Crippen molar-refractivity contribution in [3.8, 4) is 17.1 Å². The van der Waals surface area contributed by atoms with Gasteiger partial charge in [0.05, 0.1) is 42.2 Å². The molecule has 0 bridgehead atoms. The number of rotatable bonds is 9. The molecule has 1 aliphatic heterocycles. The summed E-state index contributed by atoms with van der Waals surface area (Å²) in [6.07, 6.45) is 2.89. The van der Waals surface area contributed by atoms with Crippen LogP contribution in [0.3, 0.4) is 0 Å². The Hall–Kier alpha value is -4.22. The number of hydrogen-bond donors (Lipinski definition) is 0. The highest BCUT2D eigenvalue weighted by Gasteiger charge is 2.36. The normalized spacial score (nSPS) is 14.7. The molecule has 0 saturated heterocycles. The number of aromatic nitrogens is 1. The van der Waals surface area contributed by atoms with Gasteiger partial charge in [-0.1, -0.05) is 58.8 Å². The molecule has 2 aromatic heterocycles. The van der Waals surface area contributed by atoms with Crippen LogP contribution < -0.4 is 19.6 Å². The first-order chi connectivity index (χ1) is 20.8. The van der Waals surface area contributed by atoms with Crippen molar-refractivity contribution in [1.29, 1.82) is 0 Å². The number of methoxy groups -OCH3 is 2. The van der Waals surface area contributed by atoms with Gasteiger partial charge >= 0.3 is 11.9 Å². The summed E-state index contributed by atoms with van der Waals surface area (Å²) in [5.74, 6) is 0.366. The number of nitrogens with zero attached hydrogens (tertiary/aromatic N) is 2. The Balaban J connectivity index is 1.70. The lowest BCUT2D eigenvalue weighted by Gasteiger charge is -2.27. The van der Waals surface area contributed by atoms with Crippen molar-refractivity contribution in [2.45, 2.75) is 32.7 Å². The van der Waals surface area contributed by atoms with E-state index in [1.165, 1.54) is 23.0 Å². The van der Waals surface area contributed by atoms with Crippen molar-refractivity contribution < 1.29 is 28.2 Å². The van der Waals surface area contributed by atoms with E-state index in [1.807, 2.05) is 19.1 Å². The van der Waals surface area contributed by atoms with Crippen LogP contribution in [-0.2, 0) is 14.3 Å². The van der Waals surface area contributed by atoms with Gasteiger partial charge in [0.1, 0.15) is 23.3 Å². The van der Waals surface area contributed by atoms with E-state index in [-0.39, 0.29) is 12.2 Å². The number of halogens is 1. The molecule has 4 aromatic rings. The molecule has 0 N–H and O–H groups in total. The summed E-state index contributed by atoms with van der Waals surface area (Å²) in [5.41, 5.74) is 2.08. The van der Waals surface area contributed by atoms with Crippen molar-refractivity contribution in [3.63, 3.8) is 0 Å². The molecule has 0 saturated carbocycles. The highest BCUT2D eigenvalue weighted by atomic mass is 79.9. The SMILES string of the molecule is CCCC1=C(C(=O)OCC)[C@@H](c2cc(Br)ccc2OC)n2c(s/c(=C\c3ccc(-c4ccccc4C(=O)OC)o3)c2=O)=N1. The van der Waals surface area contributed by atoms with Crippen LogP contribution in [0.5, 0.6) is 5.75 Å². The average molecular weight is 666 g/mol. The molecule has 0 spiro atoms. The van der Waals surface area contributed by atoms with Crippen molar-refractivity contribution >= 4 is 45.3 Å². The zero-order chi connectivity index (χ0) is 30.7. The molecular weight excluding hydrogens is 636 g/mol. The Bertz CT molecular complexity index is 1920. The summed E-state index contributed by atoms with van der Waals surface area (Å²) < 4.78 is 24.8. The van der Waals surface area contributed by atoms with Gasteiger partial charge in [-0.05, 0) is 49.7 Å². The van der Waals surface area contributed by atoms with E-state index in [9.17, 15) is 14.4 Å². The molecule has 0 aliphatic carbocycles. The topological polar surface area (TPSA) is 109 Å². The summed E-state index contributed by atoms with van der Waals surface area (Å²) in [4.78, 5) is 45.1. The predicted octanol–water partition coefficient (Wildman–Crippen LogP) is 5.40. The molecule has 11 heteroatoms. The van der Waals surface area contributed by atoms with Gasteiger partial charge < -0.3 is 18.6 Å². The minimum Gasteiger partial charge on any atom is -0.496 e. The van der Waals surface area contributed by atoms with Crippen LogP contribution >= 0.6 is 27.3 Å². The maximum Gasteiger partial charge on any atom is 0.338 e. The number of ether oxygens (including phenoxy) is 3. The third kappa shape index (κ3) is 5.87. The molecule has 1 atom stereocenters. The first-order valence-electron chi connectivity index (χ1n) is 13.6. The minimum absolute atomic E-state index is 0.175. The number of esters is 2. The highest BCUT2D eigenvalue weighted by Crippen LogP contribution is 2.38. The fraction of sp³-hybridized carbons (Fsp3) is 0.250. The summed E-state index contributed by atoms with van der Waals surface area (Å²) in [6, 6.07) is 15.1. The molecule has 2 aromatic carbocycles. The molecule has 1 aliphatic rings. The minimum atomic E-state index is -0.828. The van der Waals surface area contributed by atoms with Gasteiger partial charge in [0.25, 0.3) is 5.56 Å². The number of fused-ring (bicyclic) bond motifs is 1. The number of hydrogen-bond acceptors (Lipinski definition) is 9. The van der Waals surface area contributed by atoms with Crippen LogP contribution in [0.15, 0.2) is 84.5 Å². The van der Waals surface area contributed by atoms with Crippen LogP contribution in [0.25, 0.3) is 17.4 Å². The first-order valence-corrected chi connectivity index (χ1v) is 15.2. The molecule has 0 radical (unpaired) electrons. The second-order valence-electron chi connectivity index (χ2n) is 9.54. The van der Waals surface area contributed by atoms with E-state index in [4.69, 9.17) is 23.6 Å². The number of benzene rings is 2. The van der Waals surface area contributed by atoms with Crippen molar-refractivity contribution in [3.05, 3.63) is 107 Å². The van der Waals surface area contributed by atoms with Crippen LogP contribution in [0.1, 0.15) is 54.4 Å². The predicted molar refractivity (Wildman–Crippen MR) is 166 cm³/mol. The summed E-state index contributed by atoms with van der Waals surface area (Å²) in [5, 5.41) is 0. The van der Waals surface area contributed by atoms with Gasteiger partial charge in [-0.15, -0.1) is 0 Å². The number of carbonyl (C=O) groups is 2. The van der Waals surface area contributed by atoms with Gasteiger partial charge in [0, 0.05) is 21.7 Å². The molecule has 9 nitrogen and oxygen atoms in total. The molecule has 3 heterocycles. The third-order valence-electron chi connectivity index (χ3n) is 6.88. The molecule has 43 heavy (non-hydrogen) atoms. The van der Waals surface area contributed by atoms with E-state index in [0.29, 0.717) is 61.0 Å². The maximum absolute atomic E-state index is 14.1. The number of furan rings is 1. The molecule has 0 unspecified atom stereocenters. The maximum atomic E-state index is 14.1. The molecule has 5 rings (SSSR count). The van der Waals surface area contributed by atoms with Crippen LogP contribution in [-0.4, -0.2) is 37.3 Å². The average Bonchev–Trinajstić information content (AvgIpc) is 3.60. The van der Waals surface area contributed by atoms with Crippen LogP contribution in [0, 0.1) is 0 Å². The largest absolute Gasteiger partial charge is 0.496 e. The number of carbonyl (C=O) groups excluding carboxylic acids is 2. The van der Waals surface area contributed by atoms with Crippen LogP contribution in [0.2, 0.25) is 0 Å². The van der Waals surface area contributed by atoms with E-state index in [0.717, 1.165) is 10.9 Å². The van der Waals surface area contributed by atoms with Gasteiger partial charge in [0.15, 0.2) is 4.80 Å². The Morgan fingerprint density at radius 2 is 1.88 bits per heavy atom. The fourth-order valence-corrected chi connectivity index (χ4v) is 6.40. The lowest BCUT2D eigenvalue weighted by Crippen LogP contribution is -2.40. The van der Waals surface area contributed by atoms with Gasteiger partial charge in [-0.25, -0.2) is 14.6 Å². The second kappa shape index (κ2) is 13.0. The smallest absolute Gasteiger partial charge is 0.338 e. The number of allylic oxidation sites excluding steroid dienone is 1. The van der Waals surface area contributed by atoms with Gasteiger partial charge in [0.2, 0.25) is 0 Å². The van der Waals surface area contributed by atoms with E-state index in [2.05, 4.69) is 15.9 Å². The van der Waals surface area contributed by atoms with Crippen LogP contribution in [0.4, 0.5) is 0 Å². The highest BCUT2D eigenvalue weighted by molar-refractivity contribution is 9.10. The molecule has 0 fully saturated rings. The fourth-order valence-electron chi connectivity index (χ4n) is 5.02. The monoisotopic (exact) mass is 664 g/mol. The zero-order valence-corrected chi connectivity index (χ0v) is 26.4. The van der Waals surface area contributed by atoms with Crippen molar-refractivity contribution in [1.82, 2.24) is 4.57 Å². The molecule has 222 valence electrons. The van der Waals surface area contributed by atoms with E-state index in [1.54, 1.807) is 62.6 Å². The zero-order valence-electron chi connectivity index (χ0n) is 24.0. The summed E-state index contributed by atoms with van der Waals surface area (Å²) in [6.45, 7) is 3.92. The quantitative estimate of drug-likeness (QED) is 0.221.